The smallest absolute Gasteiger partial charge is 0.150 e. The lowest BCUT2D eigenvalue weighted by molar-refractivity contribution is 0.112. The highest BCUT2D eigenvalue weighted by atomic mass is 16.5. The van der Waals surface area contributed by atoms with Gasteiger partial charge in [0, 0.05) is 11.8 Å². The predicted molar refractivity (Wildman–Crippen MR) is 73.6 cm³/mol. The van der Waals surface area contributed by atoms with E-state index < -0.39 is 0 Å². The molecule has 96 valence electrons. The van der Waals surface area contributed by atoms with Crippen molar-refractivity contribution >= 4 is 18.2 Å². The first-order valence-corrected chi connectivity index (χ1v) is 5.78. The van der Waals surface area contributed by atoms with Crippen LogP contribution in [0.4, 0.5) is 5.69 Å². The maximum absolute atomic E-state index is 10.5. The quantitative estimate of drug-likeness (QED) is 0.660. The lowest BCUT2D eigenvalue weighted by Gasteiger charge is -2.02. The van der Waals surface area contributed by atoms with Gasteiger partial charge in [-0.05, 0) is 36.4 Å². The number of carbonyl (C=O) groups excluding carboxylic acids is 1. The summed E-state index contributed by atoms with van der Waals surface area (Å²) in [7, 11) is 0. The fraction of sp³-hybridized carbons (Fsp3) is 0.0667. The second kappa shape index (κ2) is 6.35. The monoisotopic (exact) mass is 255 g/mol. The van der Waals surface area contributed by atoms with Crippen LogP contribution < -0.4 is 4.74 Å². The molecule has 0 aliphatic heterocycles. The van der Waals surface area contributed by atoms with Crippen molar-refractivity contribution in [2.75, 3.05) is 6.61 Å². The number of phenolic OH excluding ortho intramolecular Hbond substituents is 1. The molecular formula is C15H13NO3. The lowest BCUT2D eigenvalue weighted by Crippen LogP contribution is -1.97. The highest BCUT2D eigenvalue weighted by Crippen LogP contribution is 2.24. The number of phenols is 1. The Balaban J connectivity index is 1.89. The molecule has 0 atom stereocenters. The van der Waals surface area contributed by atoms with Crippen LogP contribution in [-0.2, 0) is 0 Å². The van der Waals surface area contributed by atoms with E-state index in [4.69, 9.17) is 4.74 Å². The molecule has 2 aromatic rings. The molecular weight excluding hydrogens is 242 g/mol. The first-order chi connectivity index (χ1) is 9.29. The minimum absolute atomic E-state index is 0.133. The first-order valence-electron chi connectivity index (χ1n) is 5.78. The van der Waals surface area contributed by atoms with Gasteiger partial charge in [-0.25, -0.2) is 0 Å². The topological polar surface area (TPSA) is 58.9 Å². The summed E-state index contributed by atoms with van der Waals surface area (Å²) in [6, 6.07) is 13.6. The Bertz CT molecular complexity index is 576. The van der Waals surface area contributed by atoms with Crippen LogP contribution >= 0.6 is 0 Å². The molecule has 4 heteroatoms. The van der Waals surface area contributed by atoms with Gasteiger partial charge in [0.05, 0.1) is 0 Å². The summed E-state index contributed by atoms with van der Waals surface area (Å²) < 4.78 is 5.42. The zero-order chi connectivity index (χ0) is 13.5. The number of ether oxygens (including phenoxy) is 1. The van der Waals surface area contributed by atoms with Gasteiger partial charge in [0.15, 0.2) is 0 Å². The van der Waals surface area contributed by atoms with Gasteiger partial charge in [0.2, 0.25) is 0 Å². The molecule has 0 heterocycles. The highest BCUT2D eigenvalue weighted by Gasteiger charge is 1.95. The third-order valence-corrected chi connectivity index (χ3v) is 2.45. The second-order valence-corrected chi connectivity index (χ2v) is 3.80. The van der Waals surface area contributed by atoms with E-state index in [1.165, 1.54) is 0 Å². The van der Waals surface area contributed by atoms with Crippen molar-refractivity contribution in [2.45, 2.75) is 0 Å². The van der Waals surface area contributed by atoms with Gasteiger partial charge >= 0.3 is 0 Å². The van der Waals surface area contributed by atoms with Crippen LogP contribution in [0.5, 0.6) is 11.5 Å². The summed E-state index contributed by atoms with van der Waals surface area (Å²) >= 11 is 0. The summed E-state index contributed by atoms with van der Waals surface area (Å²) in [6.07, 6.45) is 2.35. The summed E-state index contributed by atoms with van der Waals surface area (Å²) in [6.45, 7) is 0.286. The van der Waals surface area contributed by atoms with Crippen LogP contribution in [0.2, 0.25) is 0 Å². The molecule has 0 saturated heterocycles. The van der Waals surface area contributed by atoms with Crippen molar-refractivity contribution in [1.82, 2.24) is 0 Å². The molecule has 4 nitrogen and oxygen atoms in total. The van der Waals surface area contributed by atoms with E-state index in [0.717, 1.165) is 6.29 Å². The van der Waals surface area contributed by atoms with Crippen molar-refractivity contribution in [3.63, 3.8) is 0 Å². The van der Waals surface area contributed by atoms with Crippen LogP contribution in [0.3, 0.4) is 0 Å². The molecule has 2 aromatic carbocycles. The third-order valence-electron chi connectivity index (χ3n) is 2.45. The molecule has 1 N–H and O–H groups in total. The van der Waals surface area contributed by atoms with Gasteiger partial charge in [-0.1, -0.05) is 12.1 Å². The number of hydrogen-bond donors (Lipinski definition) is 1. The van der Waals surface area contributed by atoms with Crippen molar-refractivity contribution in [3.8, 4) is 11.5 Å². The number of hydrogen-bond acceptors (Lipinski definition) is 4. The Kier molecular flexibility index (Phi) is 4.29. The van der Waals surface area contributed by atoms with Crippen LogP contribution in [0.25, 0.3) is 0 Å². The van der Waals surface area contributed by atoms with Crippen molar-refractivity contribution in [3.05, 3.63) is 54.1 Å². The molecule has 0 saturated carbocycles. The van der Waals surface area contributed by atoms with Crippen LogP contribution in [-0.4, -0.2) is 24.2 Å². The van der Waals surface area contributed by atoms with Gasteiger partial charge in [-0.2, -0.15) is 0 Å². The number of carbonyl (C=O) groups is 1. The number of rotatable bonds is 5. The number of aliphatic imine (C=N–C) groups is 1. The number of benzene rings is 2. The first kappa shape index (κ1) is 12.8. The summed E-state index contributed by atoms with van der Waals surface area (Å²) in [4.78, 5) is 14.6. The fourth-order valence-corrected chi connectivity index (χ4v) is 1.49. The van der Waals surface area contributed by atoms with E-state index in [9.17, 15) is 9.90 Å². The van der Waals surface area contributed by atoms with Crippen LogP contribution in [0, 0.1) is 0 Å². The molecule has 2 rings (SSSR count). The Morgan fingerprint density at radius 1 is 1.11 bits per heavy atom. The molecule has 0 radical (unpaired) electrons. The second-order valence-electron chi connectivity index (χ2n) is 3.80. The predicted octanol–water partition coefficient (Wildman–Crippen LogP) is 2.99. The average molecular weight is 255 g/mol. The van der Waals surface area contributed by atoms with Crippen molar-refractivity contribution < 1.29 is 14.6 Å². The normalized spacial score (nSPS) is 10.5. The number of nitrogens with zero attached hydrogens (tertiary/aromatic N) is 1. The summed E-state index contributed by atoms with van der Waals surface area (Å²) in [5, 5.41) is 9.50. The molecule has 0 aliphatic rings. The fourth-order valence-electron chi connectivity index (χ4n) is 1.49. The van der Waals surface area contributed by atoms with E-state index in [-0.39, 0.29) is 12.4 Å². The molecule has 0 unspecified atom stereocenters. The minimum Gasteiger partial charge on any atom is -0.506 e. The summed E-state index contributed by atoms with van der Waals surface area (Å²) in [5.74, 6) is 0.795. The Labute approximate surface area is 111 Å². The largest absolute Gasteiger partial charge is 0.506 e. The standard InChI is InChI=1S/C15H13NO3/c17-11-12-5-7-13(8-6-12)19-10-9-16-14-3-1-2-4-15(14)18/h1-9,11,18H,10H2. The third kappa shape index (κ3) is 3.67. The van der Waals surface area contributed by atoms with E-state index in [1.807, 2.05) is 0 Å². The van der Waals surface area contributed by atoms with Crippen LogP contribution in [0.15, 0.2) is 53.5 Å². The molecule has 0 amide bonds. The molecule has 0 aromatic heterocycles. The summed E-state index contributed by atoms with van der Waals surface area (Å²) in [5.41, 5.74) is 1.11. The van der Waals surface area contributed by atoms with E-state index in [0.29, 0.717) is 17.0 Å². The lowest BCUT2D eigenvalue weighted by atomic mass is 10.2. The molecule has 19 heavy (non-hydrogen) atoms. The van der Waals surface area contributed by atoms with Gasteiger partial charge < -0.3 is 9.84 Å². The van der Waals surface area contributed by atoms with E-state index >= 15 is 0 Å². The van der Waals surface area contributed by atoms with E-state index in [1.54, 1.807) is 54.7 Å². The molecule has 0 fully saturated rings. The highest BCUT2D eigenvalue weighted by molar-refractivity contribution is 5.74. The van der Waals surface area contributed by atoms with E-state index in [2.05, 4.69) is 4.99 Å². The molecule has 0 bridgehead atoms. The van der Waals surface area contributed by atoms with Gasteiger partial charge in [-0.3, -0.25) is 9.79 Å². The molecule has 0 aliphatic carbocycles. The number of aldehydes is 1. The maximum atomic E-state index is 10.5. The SMILES string of the molecule is O=Cc1ccc(OCC=Nc2ccccc2O)cc1. The zero-order valence-electron chi connectivity index (χ0n) is 10.2. The Hall–Kier alpha value is -2.62. The minimum atomic E-state index is 0.133. The average Bonchev–Trinajstić information content (AvgIpc) is 2.46. The van der Waals surface area contributed by atoms with Crippen molar-refractivity contribution in [1.29, 1.82) is 0 Å². The number of para-hydroxylation sites is 2. The van der Waals surface area contributed by atoms with Crippen LogP contribution in [0.1, 0.15) is 10.4 Å². The maximum Gasteiger partial charge on any atom is 0.150 e. The van der Waals surface area contributed by atoms with Gasteiger partial charge in [-0.15, -0.1) is 0 Å². The Morgan fingerprint density at radius 3 is 2.53 bits per heavy atom. The molecule has 0 spiro atoms. The number of aromatic hydroxyl groups is 1. The zero-order valence-corrected chi connectivity index (χ0v) is 10.2. The van der Waals surface area contributed by atoms with Gasteiger partial charge in [0.25, 0.3) is 0 Å². The van der Waals surface area contributed by atoms with Gasteiger partial charge in [0.1, 0.15) is 30.1 Å². The Morgan fingerprint density at radius 2 is 1.84 bits per heavy atom. The van der Waals surface area contributed by atoms with Crippen molar-refractivity contribution in [2.24, 2.45) is 4.99 Å².